The van der Waals surface area contributed by atoms with Crippen LogP contribution in [0.25, 0.3) is 0 Å². The van der Waals surface area contributed by atoms with Gasteiger partial charge in [0.25, 0.3) is 0 Å². The molecule has 0 bridgehead atoms. The Bertz CT molecular complexity index is 76.8. The molecular weight excluding hydrogens is 130 g/mol. The third kappa shape index (κ3) is 1.13. The van der Waals surface area contributed by atoms with Crippen molar-refractivity contribution in [3.05, 3.63) is 0 Å². The van der Waals surface area contributed by atoms with Crippen LogP contribution in [0.3, 0.4) is 0 Å². The second-order valence-electron chi connectivity index (χ2n) is 1.97. The van der Waals surface area contributed by atoms with Crippen LogP contribution in [0, 0.1) is 5.92 Å². The van der Waals surface area contributed by atoms with Crippen molar-refractivity contribution in [1.82, 2.24) is 0 Å². The summed E-state index contributed by atoms with van der Waals surface area (Å²) in [7, 11) is 0. The summed E-state index contributed by atoms with van der Waals surface area (Å²) in [6.07, 6.45) is -0.884. The van der Waals surface area contributed by atoms with E-state index in [0.29, 0.717) is 11.5 Å². The molecule has 2 unspecified atom stereocenters. The molecule has 1 aliphatic heterocycles. The average Bonchev–Trinajstić information content (AvgIpc) is 2.14. The Labute approximate surface area is 51.6 Å². The SMILES string of the molecule is FCC1CSCC1F. The van der Waals surface area contributed by atoms with Gasteiger partial charge in [0.2, 0.25) is 0 Å². The zero-order valence-electron chi connectivity index (χ0n) is 4.44. The van der Waals surface area contributed by atoms with Gasteiger partial charge in [0.15, 0.2) is 0 Å². The summed E-state index contributed by atoms with van der Waals surface area (Å²) in [4.78, 5) is 0. The molecule has 0 saturated carbocycles. The van der Waals surface area contributed by atoms with Crippen molar-refractivity contribution in [2.24, 2.45) is 5.92 Å². The number of thioether (sulfide) groups is 1. The summed E-state index contributed by atoms with van der Waals surface area (Å²) in [5.74, 6) is 0.853. The van der Waals surface area contributed by atoms with Crippen LogP contribution in [-0.2, 0) is 0 Å². The second-order valence-corrected chi connectivity index (χ2v) is 3.04. The van der Waals surface area contributed by atoms with Crippen LogP contribution in [0.2, 0.25) is 0 Å². The summed E-state index contributed by atoms with van der Waals surface area (Å²) < 4.78 is 24.0. The quantitative estimate of drug-likeness (QED) is 0.531. The van der Waals surface area contributed by atoms with Crippen LogP contribution in [0.15, 0.2) is 0 Å². The Kier molecular flexibility index (Phi) is 2.11. The number of hydrogen-bond donors (Lipinski definition) is 0. The van der Waals surface area contributed by atoms with Gasteiger partial charge in [0.1, 0.15) is 6.17 Å². The minimum absolute atomic E-state index is 0.306. The summed E-state index contributed by atoms with van der Waals surface area (Å²) in [5, 5.41) is 0. The van der Waals surface area contributed by atoms with E-state index in [9.17, 15) is 8.78 Å². The largest absolute Gasteiger partial charge is 0.251 e. The summed E-state index contributed by atoms with van der Waals surface area (Å²) in [6.45, 7) is -0.492. The van der Waals surface area contributed by atoms with Gasteiger partial charge in [-0.05, 0) is 0 Å². The second kappa shape index (κ2) is 2.67. The first-order valence-corrected chi connectivity index (χ1v) is 3.78. The maximum Gasteiger partial charge on any atom is 0.115 e. The smallest absolute Gasteiger partial charge is 0.115 e. The van der Waals surface area contributed by atoms with E-state index in [1.54, 1.807) is 0 Å². The van der Waals surface area contributed by atoms with Gasteiger partial charge in [-0.2, -0.15) is 11.8 Å². The van der Waals surface area contributed by atoms with Crippen LogP contribution in [0.5, 0.6) is 0 Å². The molecule has 1 saturated heterocycles. The van der Waals surface area contributed by atoms with Gasteiger partial charge in [0, 0.05) is 17.4 Å². The topological polar surface area (TPSA) is 0 Å². The van der Waals surface area contributed by atoms with E-state index >= 15 is 0 Å². The van der Waals surface area contributed by atoms with E-state index in [-0.39, 0.29) is 5.92 Å². The molecule has 1 rings (SSSR count). The van der Waals surface area contributed by atoms with Gasteiger partial charge in [-0.25, -0.2) is 4.39 Å². The average molecular weight is 138 g/mol. The van der Waals surface area contributed by atoms with E-state index < -0.39 is 12.8 Å². The van der Waals surface area contributed by atoms with E-state index in [0.717, 1.165) is 0 Å². The predicted octanol–water partition coefficient (Wildman–Crippen LogP) is 1.66. The number of halogens is 2. The fourth-order valence-corrected chi connectivity index (χ4v) is 1.95. The lowest BCUT2D eigenvalue weighted by molar-refractivity contribution is 0.241. The van der Waals surface area contributed by atoms with Crippen LogP contribution in [-0.4, -0.2) is 24.4 Å². The molecule has 0 aromatic carbocycles. The van der Waals surface area contributed by atoms with Crippen molar-refractivity contribution in [3.8, 4) is 0 Å². The van der Waals surface area contributed by atoms with Gasteiger partial charge in [-0.1, -0.05) is 0 Å². The fraction of sp³-hybridized carbons (Fsp3) is 1.00. The van der Waals surface area contributed by atoms with Crippen molar-refractivity contribution < 1.29 is 8.78 Å². The van der Waals surface area contributed by atoms with E-state index in [2.05, 4.69) is 0 Å². The lowest BCUT2D eigenvalue weighted by atomic mass is 10.1. The highest BCUT2D eigenvalue weighted by Crippen LogP contribution is 2.26. The molecule has 3 heteroatoms. The summed E-state index contributed by atoms with van der Waals surface area (Å²) in [6, 6.07) is 0. The van der Waals surface area contributed by atoms with Crippen molar-refractivity contribution in [2.75, 3.05) is 18.2 Å². The third-order valence-electron chi connectivity index (χ3n) is 1.32. The lowest BCUT2D eigenvalue weighted by Gasteiger charge is -2.02. The first-order chi connectivity index (χ1) is 3.84. The summed E-state index contributed by atoms with van der Waals surface area (Å²) >= 11 is 1.50. The molecule has 0 spiro atoms. The van der Waals surface area contributed by atoms with E-state index in [4.69, 9.17) is 0 Å². The molecule has 1 aliphatic rings. The van der Waals surface area contributed by atoms with Crippen molar-refractivity contribution in [1.29, 1.82) is 0 Å². The van der Waals surface area contributed by atoms with Gasteiger partial charge in [0.05, 0.1) is 6.67 Å². The fourth-order valence-electron chi connectivity index (χ4n) is 0.714. The highest BCUT2D eigenvalue weighted by Gasteiger charge is 2.26. The highest BCUT2D eigenvalue weighted by molar-refractivity contribution is 7.99. The Morgan fingerprint density at radius 1 is 1.50 bits per heavy atom. The maximum atomic E-state index is 12.3. The molecule has 0 N–H and O–H groups in total. The Balaban J connectivity index is 2.30. The van der Waals surface area contributed by atoms with Crippen LogP contribution >= 0.6 is 11.8 Å². The maximum absolute atomic E-state index is 12.3. The number of alkyl halides is 2. The van der Waals surface area contributed by atoms with Crippen LogP contribution in [0.1, 0.15) is 0 Å². The third-order valence-corrected chi connectivity index (χ3v) is 2.54. The Hall–Kier alpha value is 0.210. The van der Waals surface area contributed by atoms with Crippen LogP contribution in [0.4, 0.5) is 8.78 Å². The number of rotatable bonds is 1. The molecule has 8 heavy (non-hydrogen) atoms. The van der Waals surface area contributed by atoms with Crippen molar-refractivity contribution in [3.63, 3.8) is 0 Å². The minimum Gasteiger partial charge on any atom is -0.251 e. The number of hydrogen-bond acceptors (Lipinski definition) is 1. The summed E-state index contributed by atoms with van der Waals surface area (Å²) in [5.41, 5.74) is 0. The predicted molar refractivity (Wildman–Crippen MR) is 31.7 cm³/mol. The molecule has 0 aromatic rings. The molecule has 48 valence electrons. The normalized spacial score (nSPS) is 38.2. The van der Waals surface area contributed by atoms with Gasteiger partial charge >= 0.3 is 0 Å². The molecule has 0 radical (unpaired) electrons. The minimum atomic E-state index is -0.884. The van der Waals surface area contributed by atoms with Gasteiger partial charge in [-0.15, -0.1) is 0 Å². The molecule has 1 fully saturated rings. The molecule has 0 amide bonds. The Morgan fingerprint density at radius 2 is 2.25 bits per heavy atom. The standard InChI is InChI=1S/C5H8F2S/c6-1-4-2-8-3-5(4)7/h4-5H,1-3H2. The van der Waals surface area contributed by atoms with Crippen molar-refractivity contribution in [2.45, 2.75) is 6.17 Å². The first kappa shape index (κ1) is 6.33. The van der Waals surface area contributed by atoms with Crippen molar-refractivity contribution >= 4 is 11.8 Å². The highest BCUT2D eigenvalue weighted by atomic mass is 32.2. The van der Waals surface area contributed by atoms with Crippen LogP contribution < -0.4 is 0 Å². The monoisotopic (exact) mass is 138 g/mol. The Morgan fingerprint density at radius 3 is 2.50 bits per heavy atom. The van der Waals surface area contributed by atoms with Gasteiger partial charge in [-0.3, -0.25) is 4.39 Å². The molecule has 2 atom stereocenters. The molecule has 0 nitrogen and oxygen atoms in total. The molecule has 0 aliphatic carbocycles. The molecule has 0 aromatic heterocycles. The van der Waals surface area contributed by atoms with Gasteiger partial charge < -0.3 is 0 Å². The zero-order chi connectivity index (χ0) is 5.98. The zero-order valence-corrected chi connectivity index (χ0v) is 5.26. The molecule has 1 heterocycles. The van der Waals surface area contributed by atoms with E-state index in [1.165, 1.54) is 11.8 Å². The molecular formula is C5H8F2S. The lowest BCUT2D eigenvalue weighted by Crippen LogP contribution is -2.14. The van der Waals surface area contributed by atoms with E-state index in [1.807, 2.05) is 0 Å². The first-order valence-electron chi connectivity index (χ1n) is 2.62.